The van der Waals surface area contributed by atoms with Crippen LogP contribution < -0.4 is 10.1 Å². The van der Waals surface area contributed by atoms with Gasteiger partial charge in [0.25, 0.3) is 0 Å². The van der Waals surface area contributed by atoms with Crippen molar-refractivity contribution in [1.82, 2.24) is 19.6 Å². The minimum absolute atomic E-state index is 0.611. The summed E-state index contributed by atoms with van der Waals surface area (Å²) in [7, 11) is 1.61. The van der Waals surface area contributed by atoms with Gasteiger partial charge in [0.1, 0.15) is 12.1 Å². The molecule has 0 saturated heterocycles. The number of anilines is 1. The second-order valence-corrected chi connectivity index (χ2v) is 4.51. The van der Waals surface area contributed by atoms with E-state index in [9.17, 15) is 0 Å². The predicted molar refractivity (Wildman–Crippen MR) is 75.8 cm³/mol. The zero-order valence-corrected chi connectivity index (χ0v) is 11.4. The van der Waals surface area contributed by atoms with Crippen LogP contribution in [-0.2, 0) is 6.54 Å². The first-order chi connectivity index (χ1) is 9.76. The van der Waals surface area contributed by atoms with Gasteiger partial charge in [0, 0.05) is 18.8 Å². The van der Waals surface area contributed by atoms with Gasteiger partial charge in [-0.05, 0) is 36.2 Å². The van der Waals surface area contributed by atoms with Gasteiger partial charge in [0.2, 0.25) is 5.88 Å². The fraction of sp³-hybridized carbons (Fsp3) is 0.214. The number of nitrogens with one attached hydrogen (secondary N) is 1. The molecule has 6 nitrogen and oxygen atoms in total. The van der Waals surface area contributed by atoms with Gasteiger partial charge in [0.05, 0.1) is 7.11 Å². The molecule has 0 fully saturated rings. The van der Waals surface area contributed by atoms with Crippen molar-refractivity contribution in [3.8, 4) is 5.88 Å². The molecule has 0 aliphatic carbocycles. The number of methoxy groups -OCH3 is 1. The van der Waals surface area contributed by atoms with Crippen molar-refractivity contribution < 1.29 is 4.74 Å². The van der Waals surface area contributed by atoms with Crippen LogP contribution in [-0.4, -0.2) is 26.7 Å². The van der Waals surface area contributed by atoms with Crippen molar-refractivity contribution in [1.29, 1.82) is 0 Å². The third kappa shape index (κ3) is 2.40. The van der Waals surface area contributed by atoms with E-state index in [0.29, 0.717) is 12.4 Å². The van der Waals surface area contributed by atoms with Crippen molar-refractivity contribution in [3.05, 3.63) is 47.9 Å². The highest BCUT2D eigenvalue weighted by molar-refractivity contribution is 5.51. The number of fused-ring (bicyclic) bond motifs is 1. The summed E-state index contributed by atoms with van der Waals surface area (Å²) in [6, 6.07) is 7.89. The molecule has 3 aromatic rings. The van der Waals surface area contributed by atoms with E-state index in [1.54, 1.807) is 24.1 Å². The van der Waals surface area contributed by atoms with E-state index in [2.05, 4.69) is 20.4 Å². The highest BCUT2D eigenvalue weighted by Crippen LogP contribution is 2.15. The van der Waals surface area contributed by atoms with E-state index in [-0.39, 0.29) is 0 Å². The highest BCUT2D eigenvalue weighted by Gasteiger charge is 2.04. The molecule has 0 spiro atoms. The molecule has 1 N–H and O–H groups in total. The van der Waals surface area contributed by atoms with E-state index in [1.165, 1.54) is 0 Å². The average Bonchev–Trinajstić information content (AvgIpc) is 2.93. The Hall–Kier alpha value is -2.63. The zero-order valence-electron chi connectivity index (χ0n) is 11.4. The quantitative estimate of drug-likeness (QED) is 0.785. The fourth-order valence-electron chi connectivity index (χ4n) is 2.05. The van der Waals surface area contributed by atoms with Gasteiger partial charge >= 0.3 is 0 Å². The van der Waals surface area contributed by atoms with Gasteiger partial charge in [-0.25, -0.2) is 9.97 Å². The molecule has 0 aliphatic rings. The summed E-state index contributed by atoms with van der Waals surface area (Å²) >= 11 is 0. The summed E-state index contributed by atoms with van der Waals surface area (Å²) in [5.74, 6) is 1.52. The third-order valence-electron chi connectivity index (χ3n) is 3.01. The molecule has 0 aromatic carbocycles. The van der Waals surface area contributed by atoms with Crippen LogP contribution in [0.4, 0.5) is 5.82 Å². The maximum absolute atomic E-state index is 5.12. The van der Waals surface area contributed by atoms with Gasteiger partial charge in [-0.3, -0.25) is 0 Å². The first-order valence-corrected chi connectivity index (χ1v) is 6.29. The lowest BCUT2D eigenvalue weighted by Crippen LogP contribution is -2.06. The van der Waals surface area contributed by atoms with Crippen molar-refractivity contribution in [3.63, 3.8) is 0 Å². The largest absolute Gasteiger partial charge is 0.481 e. The molecule has 3 aromatic heterocycles. The maximum Gasteiger partial charge on any atom is 0.213 e. The SMILES string of the molecule is COc1cc(CNc2cc(C)cc3ncnn23)ccn1. The van der Waals surface area contributed by atoms with Crippen LogP contribution in [0.3, 0.4) is 0 Å². The van der Waals surface area contributed by atoms with Crippen molar-refractivity contribution in [2.45, 2.75) is 13.5 Å². The summed E-state index contributed by atoms with van der Waals surface area (Å²) in [5.41, 5.74) is 3.06. The molecular formula is C14H15N5O. The van der Waals surface area contributed by atoms with Gasteiger partial charge < -0.3 is 10.1 Å². The Morgan fingerprint density at radius 2 is 2.15 bits per heavy atom. The Morgan fingerprint density at radius 3 is 3.00 bits per heavy atom. The summed E-state index contributed by atoms with van der Waals surface area (Å²) < 4.78 is 6.90. The van der Waals surface area contributed by atoms with E-state index in [0.717, 1.165) is 22.6 Å². The van der Waals surface area contributed by atoms with Crippen LogP contribution in [0.1, 0.15) is 11.1 Å². The Morgan fingerprint density at radius 1 is 1.25 bits per heavy atom. The second-order valence-electron chi connectivity index (χ2n) is 4.51. The Labute approximate surface area is 116 Å². The van der Waals surface area contributed by atoms with E-state index < -0.39 is 0 Å². The normalized spacial score (nSPS) is 10.7. The number of hydrogen-bond donors (Lipinski definition) is 1. The monoisotopic (exact) mass is 269 g/mol. The van der Waals surface area contributed by atoms with E-state index in [1.807, 2.05) is 31.2 Å². The minimum Gasteiger partial charge on any atom is -0.481 e. The van der Waals surface area contributed by atoms with Gasteiger partial charge in [-0.1, -0.05) is 0 Å². The highest BCUT2D eigenvalue weighted by atomic mass is 16.5. The van der Waals surface area contributed by atoms with E-state index in [4.69, 9.17) is 4.74 Å². The lowest BCUT2D eigenvalue weighted by atomic mass is 10.2. The van der Waals surface area contributed by atoms with Crippen LogP contribution in [0.25, 0.3) is 5.65 Å². The fourth-order valence-corrected chi connectivity index (χ4v) is 2.05. The molecule has 0 bridgehead atoms. The summed E-state index contributed by atoms with van der Waals surface area (Å²) in [5, 5.41) is 7.57. The lowest BCUT2D eigenvalue weighted by Gasteiger charge is -2.09. The molecule has 6 heteroatoms. The third-order valence-corrected chi connectivity index (χ3v) is 3.01. The first-order valence-electron chi connectivity index (χ1n) is 6.29. The zero-order chi connectivity index (χ0) is 13.9. The summed E-state index contributed by atoms with van der Waals surface area (Å²) in [6.45, 7) is 2.70. The lowest BCUT2D eigenvalue weighted by molar-refractivity contribution is 0.397. The van der Waals surface area contributed by atoms with Crippen molar-refractivity contribution in [2.75, 3.05) is 12.4 Å². The molecule has 0 unspecified atom stereocenters. The maximum atomic E-state index is 5.12. The average molecular weight is 269 g/mol. The minimum atomic E-state index is 0.611. The molecule has 0 radical (unpaired) electrons. The molecule has 0 aliphatic heterocycles. The van der Waals surface area contributed by atoms with Crippen LogP contribution >= 0.6 is 0 Å². The van der Waals surface area contributed by atoms with Gasteiger partial charge in [0.15, 0.2) is 5.65 Å². The molecule has 3 heterocycles. The number of ether oxygens (including phenoxy) is 1. The molecule has 0 saturated carbocycles. The number of rotatable bonds is 4. The number of nitrogens with zero attached hydrogens (tertiary/aromatic N) is 4. The number of pyridine rings is 2. The molecule has 102 valence electrons. The predicted octanol–water partition coefficient (Wildman–Crippen LogP) is 2.05. The van der Waals surface area contributed by atoms with Crippen LogP contribution in [0.5, 0.6) is 5.88 Å². The molecule has 0 atom stereocenters. The summed E-state index contributed by atoms with van der Waals surface area (Å²) in [6.07, 6.45) is 3.28. The van der Waals surface area contributed by atoms with Crippen LogP contribution in [0.15, 0.2) is 36.8 Å². The van der Waals surface area contributed by atoms with E-state index >= 15 is 0 Å². The van der Waals surface area contributed by atoms with Crippen LogP contribution in [0, 0.1) is 6.92 Å². The Balaban J connectivity index is 1.84. The van der Waals surface area contributed by atoms with Crippen molar-refractivity contribution in [2.24, 2.45) is 0 Å². The number of hydrogen-bond acceptors (Lipinski definition) is 5. The van der Waals surface area contributed by atoms with Crippen molar-refractivity contribution >= 4 is 11.5 Å². The standard InChI is InChI=1S/C14H15N5O/c1-10-5-12(19-13(6-10)17-9-18-19)16-8-11-3-4-15-14(7-11)20-2/h3-7,9,16H,8H2,1-2H3. The number of aryl methyl sites for hydroxylation is 1. The molecule has 20 heavy (non-hydrogen) atoms. The van der Waals surface area contributed by atoms with Gasteiger partial charge in [-0.15, -0.1) is 0 Å². The number of aromatic nitrogens is 4. The Kier molecular flexibility index (Phi) is 3.20. The smallest absolute Gasteiger partial charge is 0.213 e. The van der Waals surface area contributed by atoms with Gasteiger partial charge in [-0.2, -0.15) is 9.61 Å². The molecule has 0 amide bonds. The Bertz CT molecular complexity index is 737. The topological polar surface area (TPSA) is 64.3 Å². The summed E-state index contributed by atoms with van der Waals surface area (Å²) in [4.78, 5) is 8.30. The second kappa shape index (κ2) is 5.16. The molecule has 3 rings (SSSR count). The first kappa shape index (κ1) is 12.4. The molecular weight excluding hydrogens is 254 g/mol. The van der Waals surface area contributed by atoms with Crippen LogP contribution in [0.2, 0.25) is 0 Å².